The minimum atomic E-state index is -3.97. The standard InChI is InChI=1S/C11H11N3O5S/c12-6-8-10(2-1-3-13-8)20(17,18)14-4-5-19-9(7-14)11(15)16/h1-3,9H,4-5,7H2,(H,15,16). The van der Waals surface area contributed by atoms with Gasteiger partial charge in [0, 0.05) is 12.7 Å². The largest absolute Gasteiger partial charge is 0.479 e. The van der Waals surface area contributed by atoms with Crippen LogP contribution in [0.5, 0.6) is 0 Å². The summed E-state index contributed by atoms with van der Waals surface area (Å²) in [5.41, 5.74) is -0.217. The zero-order chi connectivity index (χ0) is 14.8. The molecule has 1 aliphatic rings. The molecule has 1 unspecified atom stereocenters. The summed E-state index contributed by atoms with van der Waals surface area (Å²) in [7, 11) is -3.97. The highest BCUT2D eigenvalue weighted by molar-refractivity contribution is 7.89. The van der Waals surface area contributed by atoms with E-state index >= 15 is 0 Å². The average molecular weight is 297 g/mol. The molecule has 1 fully saturated rings. The smallest absolute Gasteiger partial charge is 0.334 e. The predicted octanol–water partition coefficient (Wildman–Crippen LogP) is -0.573. The minimum Gasteiger partial charge on any atom is -0.479 e. The van der Waals surface area contributed by atoms with Crippen LogP contribution in [0, 0.1) is 11.3 Å². The van der Waals surface area contributed by atoms with Crippen molar-refractivity contribution in [3.8, 4) is 6.07 Å². The number of carboxylic acid groups (broad SMARTS) is 1. The molecule has 8 nitrogen and oxygen atoms in total. The molecule has 1 atom stereocenters. The first kappa shape index (κ1) is 14.4. The molecule has 1 N–H and O–H groups in total. The van der Waals surface area contributed by atoms with Crippen molar-refractivity contribution < 1.29 is 23.1 Å². The summed E-state index contributed by atoms with van der Waals surface area (Å²) < 4.78 is 30.8. The highest BCUT2D eigenvalue weighted by atomic mass is 32.2. The first-order chi connectivity index (χ1) is 9.46. The number of hydrogen-bond acceptors (Lipinski definition) is 6. The van der Waals surface area contributed by atoms with Crippen molar-refractivity contribution in [2.75, 3.05) is 19.7 Å². The highest BCUT2D eigenvalue weighted by Crippen LogP contribution is 2.20. The normalized spacial score (nSPS) is 20.2. The summed E-state index contributed by atoms with van der Waals surface area (Å²) in [5, 5.41) is 17.8. The van der Waals surface area contributed by atoms with Gasteiger partial charge in [0.15, 0.2) is 11.8 Å². The SMILES string of the molecule is N#Cc1ncccc1S(=O)(=O)N1CCOC(C(=O)O)C1. The van der Waals surface area contributed by atoms with Crippen molar-refractivity contribution in [1.29, 1.82) is 5.26 Å². The summed E-state index contributed by atoms with van der Waals surface area (Å²) in [5.74, 6) is -1.23. The molecule has 1 saturated heterocycles. The van der Waals surface area contributed by atoms with E-state index in [0.717, 1.165) is 4.31 Å². The summed E-state index contributed by atoms with van der Waals surface area (Å²) in [6, 6.07) is 4.39. The Morgan fingerprint density at radius 2 is 2.35 bits per heavy atom. The lowest BCUT2D eigenvalue weighted by Crippen LogP contribution is -2.48. The maximum atomic E-state index is 12.4. The molecule has 0 aliphatic carbocycles. The van der Waals surface area contributed by atoms with Crippen molar-refractivity contribution in [1.82, 2.24) is 9.29 Å². The van der Waals surface area contributed by atoms with Crippen LogP contribution in [0.2, 0.25) is 0 Å². The van der Waals surface area contributed by atoms with Crippen LogP contribution in [0.4, 0.5) is 0 Å². The number of sulfonamides is 1. The molecule has 20 heavy (non-hydrogen) atoms. The minimum absolute atomic E-state index is 0.0155. The molecule has 0 spiro atoms. The molecule has 2 heterocycles. The number of hydrogen-bond donors (Lipinski definition) is 1. The van der Waals surface area contributed by atoms with Crippen molar-refractivity contribution in [3.63, 3.8) is 0 Å². The number of pyridine rings is 1. The third-order valence-corrected chi connectivity index (χ3v) is 4.70. The number of morpholine rings is 1. The Labute approximate surface area is 115 Å². The number of ether oxygens (including phenoxy) is 1. The van der Waals surface area contributed by atoms with E-state index in [1.165, 1.54) is 18.3 Å². The van der Waals surface area contributed by atoms with E-state index in [4.69, 9.17) is 15.1 Å². The quantitative estimate of drug-likeness (QED) is 0.792. The van der Waals surface area contributed by atoms with Gasteiger partial charge >= 0.3 is 5.97 Å². The Morgan fingerprint density at radius 3 is 3.00 bits per heavy atom. The lowest BCUT2D eigenvalue weighted by Gasteiger charge is -2.30. The molecule has 1 aromatic heterocycles. The van der Waals surface area contributed by atoms with Crippen LogP contribution in [0.25, 0.3) is 0 Å². The van der Waals surface area contributed by atoms with Gasteiger partial charge in [-0.05, 0) is 12.1 Å². The zero-order valence-corrected chi connectivity index (χ0v) is 11.1. The Bertz CT molecular complexity index is 667. The van der Waals surface area contributed by atoms with Gasteiger partial charge in [-0.3, -0.25) is 0 Å². The van der Waals surface area contributed by atoms with Crippen molar-refractivity contribution in [2.24, 2.45) is 0 Å². The Morgan fingerprint density at radius 1 is 1.60 bits per heavy atom. The van der Waals surface area contributed by atoms with E-state index in [9.17, 15) is 13.2 Å². The molecule has 0 saturated carbocycles. The molecule has 1 aromatic rings. The van der Waals surface area contributed by atoms with E-state index in [1.807, 2.05) is 0 Å². The lowest BCUT2D eigenvalue weighted by molar-refractivity contribution is -0.153. The van der Waals surface area contributed by atoms with Gasteiger partial charge in [0.05, 0.1) is 13.2 Å². The number of carboxylic acids is 1. The summed E-state index contributed by atoms with van der Waals surface area (Å²) in [6.45, 7) is -0.276. The van der Waals surface area contributed by atoms with Crippen molar-refractivity contribution in [3.05, 3.63) is 24.0 Å². The molecule has 1 aliphatic heterocycles. The van der Waals surface area contributed by atoms with Gasteiger partial charge in [-0.15, -0.1) is 0 Å². The molecule has 106 valence electrons. The van der Waals surface area contributed by atoms with Crippen LogP contribution in [0.1, 0.15) is 5.69 Å². The maximum Gasteiger partial charge on any atom is 0.334 e. The summed E-state index contributed by atoms with van der Waals surface area (Å²) in [4.78, 5) is 14.3. The zero-order valence-electron chi connectivity index (χ0n) is 10.3. The predicted molar refractivity (Wildman–Crippen MR) is 65.1 cm³/mol. The monoisotopic (exact) mass is 297 g/mol. The second kappa shape index (κ2) is 5.54. The molecule has 2 rings (SSSR count). The van der Waals surface area contributed by atoms with Crippen LogP contribution in [0.3, 0.4) is 0 Å². The summed E-state index contributed by atoms with van der Waals surface area (Å²) >= 11 is 0. The van der Waals surface area contributed by atoms with Crippen LogP contribution in [-0.4, -0.2) is 54.6 Å². The topological polar surface area (TPSA) is 121 Å². The van der Waals surface area contributed by atoms with Gasteiger partial charge in [0.2, 0.25) is 10.0 Å². The lowest BCUT2D eigenvalue weighted by atomic mass is 10.3. The van der Waals surface area contributed by atoms with Crippen molar-refractivity contribution in [2.45, 2.75) is 11.0 Å². The first-order valence-electron chi connectivity index (χ1n) is 5.66. The van der Waals surface area contributed by atoms with Gasteiger partial charge in [-0.25, -0.2) is 18.2 Å². The van der Waals surface area contributed by atoms with Crippen LogP contribution in [-0.2, 0) is 19.6 Å². The van der Waals surface area contributed by atoms with Gasteiger partial charge in [0.1, 0.15) is 11.0 Å². The van der Waals surface area contributed by atoms with E-state index in [0.29, 0.717) is 0 Å². The molecule has 9 heteroatoms. The Hall–Kier alpha value is -2.02. The number of carbonyl (C=O) groups is 1. The fourth-order valence-electron chi connectivity index (χ4n) is 1.82. The van der Waals surface area contributed by atoms with E-state index in [1.54, 1.807) is 6.07 Å². The van der Waals surface area contributed by atoms with Crippen molar-refractivity contribution >= 4 is 16.0 Å². The third-order valence-electron chi connectivity index (χ3n) is 2.80. The molecule has 0 aromatic carbocycles. The van der Waals surface area contributed by atoms with Gasteiger partial charge in [-0.1, -0.05) is 0 Å². The van der Waals surface area contributed by atoms with Gasteiger partial charge in [0.25, 0.3) is 0 Å². The van der Waals surface area contributed by atoms with Gasteiger partial charge < -0.3 is 9.84 Å². The Balaban J connectivity index is 2.35. The van der Waals surface area contributed by atoms with Crippen LogP contribution < -0.4 is 0 Å². The average Bonchev–Trinajstić information content (AvgIpc) is 2.47. The van der Waals surface area contributed by atoms with Gasteiger partial charge in [-0.2, -0.15) is 9.57 Å². The fraction of sp³-hybridized carbons (Fsp3) is 0.364. The number of aromatic nitrogens is 1. The second-order valence-electron chi connectivity index (χ2n) is 4.02. The van der Waals surface area contributed by atoms with E-state index in [-0.39, 0.29) is 30.3 Å². The fourth-order valence-corrected chi connectivity index (χ4v) is 3.33. The molecule has 0 radical (unpaired) electrons. The number of nitrogens with zero attached hydrogens (tertiary/aromatic N) is 3. The highest BCUT2D eigenvalue weighted by Gasteiger charge is 2.35. The van der Waals surface area contributed by atoms with Crippen LogP contribution >= 0.6 is 0 Å². The van der Waals surface area contributed by atoms with Crippen LogP contribution in [0.15, 0.2) is 23.2 Å². The number of rotatable bonds is 3. The first-order valence-corrected chi connectivity index (χ1v) is 7.10. The summed E-state index contributed by atoms with van der Waals surface area (Å²) in [6.07, 6.45) is 0.109. The maximum absolute atomic E-state index is 12.4. The molecule has 0 amide bonds. The van der Waals surface area contributed by atoms with E-state index in [2.05, 4.69) is 4.98 Å². The number of aliphatic carboxylic acids is 1. The Kier molecular flexibility index (Phi) is 3.99. The second-order valence-corrected chi connectivity index (χ2v) is 5.93. The molecular formula is C11H11N3O5S. The third kappa shape index (κ3) is 2.62. The van der Waals surface area contributed by atoms with E-state index < -0.39 is 22.1 Å². The number of nitriles is 1. The molecular weight excluding hydrogens is 286 g/mol. The molecule has 0 bridgehead atoms.